The Morgan fingerprint density at radius 3 is 2.60 bits per heavy atom. The molecule has 2 aromatic heterocycles. The Morgan fingerprint density at radius 2 is 1.77 bits per heavy atom. The zero-order valence-electron chi connectivity index (χ0n) is 18.3. The monoisotopic (exact) mass is 522 g/mol. The summed E-state index contributed by atoms with van der Waals surface area (Å²) in [7, 11) is 0. The molecule has 1 amide bonds. The lowest BCUT2D eigenvalue weighted by atomic mass is 10.2. The molecule has 174 valence electrons. The molecule has 5 aromatic rings. The molecule has 1 N–H and O–H groups in total. The fourth-order valence-electron chi connectivity index (χ4n) is 3.44. The molecule has 0 bridgehead atoms. The van der Waals surface area contributed by atoms with Gasteiger partial charge in [0, 0.05) is 22.3 Å². The number of carbonyl (C=O) groups is 1. The molecule has 3 aromatic carbocycles. The summed E-state index contributed by atoms with van der Waals surface area (Å²) < 4.78 is 5.78. The number of nitrogens with zero attached hydrogens (tertiary/aromatic N) is 3. The van der Waals surface area contributed by atoms with E-state index in [1.807, 2.05) is 31.2 Å². The van der Waals surface area contributed by atoms with Crippen molar-refractivity contribution in [2.75, 3.05) is 5.32 Å². The Hall–Kier alpha value is -3.58. The fraction of sp³-hybridized carbons (Fsp3) is 0.0385. The Bertz CT molecular complexity index is 1600. The first kappa shape index (κ1) is 23.2. The number of anilines is 1. The van der Waals surface area contributed by atoms with Gasteiger partial charge < -0.3 is 9.73 Å². The third-order valence-corrected chi connectivity index (χ3v) is 6.50. The van der Waals surface area contributed by atoms with Crippen molar-refractivity contribution >= 4 is 63.5 Å². The summed E-state index contributed by atoms with van der Waals surface area (Å²) in [4.78, 5) is 14.0. The number of fused-ring (bicyclic) bond motifs is 1. The molecular weight excluding hydrogens is 507 g/mol. The number of amides is 1. The quantitative estimate of drug-likeness (QED) is 0.241. The molecule has 35 heavy (non-hydrogen) atoms. The molecule has 0 fully saturated rings. The smallest absolute Gasteiger partial charge is 0.248 e. The van der Waals surface area contributed by atoms with Crippen LogP contribution in [0.4, 0.5) is 5.69 Å². The summed E-state index contributed by atoms with van der Waals surface area (Å²) in [6.45, 7) is 1.93. The van der Waals surface area contributed by atoms with Crippen molar-refractivity contribution in [1.82, 2.24) is 15.0 Å². The highest BCUT2D eigenvalue weighted by molar-refractivity contribution is 6.43. The Morgan fingerprint density at radius 1 is 0.943 bits per heavy atom. The zero-order valence-corrected chi connectivity index (χ0v) is 20.6. The second-order valence-electron chi connectivity index (χ2n) is 7.75. The minimum atomic E-state index is -0.319. The van der Waals surface area contributed by atoms with E-state index in [0.29, 0.717) is 48.9 Å². The van der Waals surface area contributed by atoms with E-state index < -0.39 is 0 Å². The van der Waals surface area contributed by atoms with Crippen molar-refractivity contribution in [2.45, 2.75) is 6.92 Å². The van der Waals surface area contributed by atoms with E-state index in [0.717, 1.165) is 11.3 Å². The Balaban J connectivity index is 1.29. The van der Waals surface area contributed by atoms with Gasteiger partial charge in [0.25, 0.3) is 0 Å². The molecule has 0 aliphatic rings. The molecule has 0 unspecified atom stereocenters. The van der Waals surface area contributed by atoms with Crippen molar-refractivity contribution < 1.29 is 9.21 Å². The normalized spacial score (nSPS) is 11.4. The molecule has 5 rings (SSSR count). The van der Waals surface area contributed by atoms with Crippen LogP contribution >= 0.6 is 34.8 Å². The standard InChI is InChI=1S/C26H17Cl3N4O2/c1-15-5-7-17(14-21(15)28)33-31-22-10-6-16(13-23(22)32-33)30-25(34)12-9-18-8-11-24(35-18)19-3-2-4-20(27)26(19)29/h2-14H,1H3,(H,30,34). The van der Waals surface area contributed by atoms with E-state index in [9.17, 15) is 4.79 Å². The lowest BCUT2D eigenvalue weighted by molar-refractivity contribution is -0.111. The van der Waals surface area contributed by atoms with Gasteiger partial charge in [-0.3, -0.25) is 4.79 Å². The van der Waals surface area contributed by atoms with Gasteiger partial charge in [-0.2, -0.15) is 4.80 Å². The molecule has 6 nitrogen and oxygen atoms in total. The van der Waals surface area contributed by atoms with Crippen LogP contribution in [0, 0.1) is 6.92 Å². The lowest BCUT2D eigenvalue weighted by Crippen LogP contribution is -2.07. The lowest BCUT2D eigenvalue weighted by Gasteiger charge is -2.02. The maximum Gasteiger partial charge on any atom is 0.248 e. The molecule has 0 radical (unpaired) electrons. The number of aromatic nitrogens is 3. The number of halogens is 3. The third kappa shape index (κ3) is 4.95. The summed E-state index contributed by atoms with van der Waals surface area (Å²) in [6, 6.07) is 19.8. The summed E-state index contributed by atoms with van der Waals surface area (Å²) in [5.41, 5.74) is 4.33. The number of aryl methyl sites for hydroxylation is 1. The van der Waals surface area contributed by atoms with Crippen molar-refractivity contribution in [3.05, 3.63) is 99.2 Å². The molecule has 0 saturated carbocycles. The van der Waals surface area contributed by atoms with Crippen LogP contribution in [0.25, 0.3) is 34.1 Å². The molecule has 0 spiro atoms. The molecule has 0 aliphatic carbocycles. The molecule has 2 heterocycles. The highest BCUT2D eigenvalue weighted by atomic mass is 35.5. The van der Waals surface area contributed by atoms with Crippen molar-refractivity contribution in [1.29, 1.82) is 0 Å². The van der Waals surface area contributed by atoms with Gasteiger partial charge in [0.1, 0.15) is 22.6 Å². The van der Waals surface area contributed by atoms with Crippen molar-refractivity contribution in [3.8, 4) is 17.0 Å². The first-order valence-corrected chi connectivity index (χ1v) is 11.7. The topological polar surface area (TPSA) is 73.0 Å². The van der Waals surface area contributed by atoms with E-state index in [4.69, 9.17) is 39.2 Å². The average molecular weight is 524 g/mol. The van der Waals surface area contributed by atoms with Crippen molar-refractivity contribution in [3.63, 3.8) is 0 Å². The largest absolute Gasteiger partial charge is 0.457 e. The van der Waals surface area contributed by atoms with Gasteiger partial charge in [0.05, 0.1) is 15.7 Å². The van der Waals surface area contributed by atoms with E-state index in [1.54, 1.807) is 48.5 Å². The summed E-state index contributed by atoms with van der Waals surface area (Å²) in [6.07, 6.45) is 2.96. The van der Waals surface area contributed by atoms with Gasteiger partial charge in [-0.1, -0.05) is 46.9 Å². The number of furan rings is 1. The second kappa shape index (κ2) is 9.58. The number of hydrogen-bond donors (Lipinski definition) is 1. The molecule has 0 atom stereocenters. The maximum absolute atomic E-state index is 12.5. The molecular formula is C26H17Cl3N4O2. The number of hydrogen-bond acceptors (Lipinski definition) is 4. The first-order valence-electron chi connectivity index (χ1n) is 10.5. The second-order valence-corrected chi connectivity index (χ2v) is 8.94. The zero-order chi connectivity index (χ0) is 24.5. The van der Waals surface area contributed by atoms with Crippen LogP contribution in [0.2, 0.25) is 15.1 Å². The molecule has 0 saturated heterocycles. The first-order chi connectivity index (χ1) is 16.9. The fourth-order valence-corrected chi connectivity index (χ4v) is 4.01. The van der Waals surface area contributed by atoms with E-state index in [2.05, 4.69) is 15.5 Å². The van der Waals surface area contributed by atoms with Crippen molar-refractivity contribution in [2.24, 2.45) is 0 Å². The molecule has 0 aliphatic heterocycles. The van der Waals surface area contributed by atoms with Crippen LogP contribution in [0.1, 0.15) is 11.3 Å². The minimum Gasteiger partial charge on any atom is -0.457 e. The molecule has 9 heteroatoms. The average Bonchev–Trinajstić information content (AvgIpc) is 3.48. The van der Waals surface area contributed by atoms with E-state index in [1.165, 1.54) is 10.9 Å². The Kier molecular flexibility index (Phi) is 6.34. The highest BCUT2D eigenvalue weighted by Gasteiger charge is 2.11. The third-order valence-electron chi connectivity index (χ3n) is 5.28. The number of carbonyl (C=O) groups excluding carboxylic acids is 1. The van der Waals surface area contributed by atoms with Gasteiger partial charge in [0.15, 0.2) is 0 Å². The minimum absolute atomic E-state index is 0.319. The van der Waals surface area contributed by atoms with Crippen LogP contribution in [-0.4, -0.2) is 20.9 Å². The van der Waals surface area contributed by atoms with Crippen LogP contribution in [0.15, 0.2) is 77.2 Å². The maximum atomic E-state index is 12.5. The van der Waals surface area contributed by atoms with Crippen LogP contribution < -0.4 is 5.32 Å². The number of benzene rings is 3. The summed E-state index contributed by atoms with van der Waals surface area (Å²) >= 11 is 18.6. The SMILES string of the molecule is Cc1ccc(-n2nc3ccc(NC(=O)C=Cc4ccc(-c5cccc(Cl)c5Cl)o4)cc3n2)cc1Cl. The van der Waals surface area contributed by atoms with Crippen LogP contribution in [-0.2, 0) is 4.79 Å². The Labute approximate surface area is 215 Å². The van der Waals surface area contributed by atoms with Gasteiger partial charge in [-0.25, -0.2) is 0 Å². The van der Waals surface area contributed by atoms with E-state index >= 15 is 0 Å². The van der Waals surface area contributed by atoms with E-state index in [-0.39, 0.29) is 5.91 Å². The van der Waals surface area contributed by atoms with Gasteiger partial charge in [-0.05, 0) is 73.2 Å². The predicted octanol–water partition coefficient (Wildman–Crippen LogP) is 7.60. The van der Waals surface area contributed by atoms with Gasteiger partial charge in [0.2, 0.25) is 5.91 Å². The highest BCUT2D eigenvalue weighted by Crippen LogP contribution is 2.34. The van der Waals surface area contributed by atoms with Crippen LogP contribution in [0.3, 0.4) is 0 Å². The number of rotatable bonds is 5. The van der Waals surface area contributed by atoms with Gasteiger partial charge >= 0.3 is 0 Å². The van der Waals surface area contributed by atoms with Gasteiger partial charge in [-0.15, -0.1) is 10.2 Å². The summed E-state index contributed by atoms with van der Waals surface area (Å²) in [5.74, 6) is 0.739. The summed E-state index contributed by atoms with van der Waals surface area (Å²) in [5, 5.41) is 13.3. The number of nitrogens with one attached hydrogen (secondary N) is 1. The van der Waals surface area contributed by atoms with Crippen LogP contribution in [0.5, 0.6) is 0 Å². The predicted molar refractivity (Wildman–Crippen MR) is 140 cm³/mol.